The zero-order valence-electron chi connectivity index (χ0n) is 14.6. The molecule has 0 radical (unpaired) electrons. The van der Waals surface area contributed by atoms with Gasteiger partial charge in [0.1, 0.15) is 11.6 Å². The molecule has 0 atom stereocenters. The van der Waals surface area contributed by atoms with Gasteiger partial charge in [-0.05, 0) is 55.7 Å². The number of carbonyl (C=O) groups is 1. The van der Waals surface area contributed by atoms with E-state index in [1.54, 1.807) is 0 Å². The first-order valence-corrected chi connectivity index (χ1v) is 8.95. The highest BCUT2D eigenvalue weighted by molar-refractivity contribution is 5.91. The van der Waals surface area contributed by atoms with Gasteiger partial charge in [-0.15, -0.1) is 0 Å². The average molecular weight is 359 g/mol. The number of benzene rings is 2. The molecule has 1 amide bonds. The number of nitrogens with one attached hydrogen (secondary N) is 2. The van der Waals surface area contributed by atoms with Crippen LogP contribution in [0, 0.1) is 11.6 Å². The van der Waals surface area contributed by atoms with Crippen LogP contribution in [-0.2, 0) is 4.79 Å². The first kappa shape index (κ1) is 18.2. The maximum absolute atomic E-state index is 13.5. The Morgan fingerprint density at radius 2 is 1.73 bits per heavy atom. The highest BCUT2D eigenvalue weighted by atomic mass is 19.1. The number of rotatable bonds is 6. The maximum atomic E-state index is 13.5. The lowest BCUT2D eigenvalue weighted by Crippen LogP contribution is -2.29. The molecule has 26 heavy (non-hydrogen) atoms. The van der Waals surface area contributed by atoms with Crippen molar-refractivity contribution in [3.8, 4) is 0 Å². The van der Waals surface area contributed by atoms with Gasteiger partial charge in [0.2, 0.25) is 5.91 Å². The van der Waals surface area contributed by atoms with Gasteiger partial charge in [-0.1, -0.05) is 0 Å². The van der Waals surface area contributed by atoms with Crippen LogP contribution in [0.3, 0.4) is 0 Å². The molecule has 6 heteroatoms. The van der Waals surface area contributed by atoms with Crippen molar-refractivity contribution < 1.29 is 13.6 Å². The highest BCUT2D eigenvalue weighted by Crippen LogP contribution is 2.22. The lowest BCUT2D eigenvalue weighted by Gasteiger charge is -2.28. The second-order valence-corrected chi connectivity index (χ2v) is 6.44. The van der Waals surface area contributed by atoms with Crippen LogP contribution in [0.5, 0.6) is 0 Å². The van der Waals surface area contributed by atoms with Crippen molar-refractivity contribution in [2.24, 2.45) is 0 Å². The molecule has 0 saturated carbocycles. The molecule has 0 unspecified atom stereocenters. The van der Waals surface area contributed by atoms with Crippen molar-refractivity contribution in [3.63, 3.8) is 0 Å². The normalized spacial score (nSPS) is 14.2. The monoisotopic (exact) mass is 359 g/mol. The molecule has 0 bridgehead atoms. The topological polar surface area (TPSA) is 44.4 Å². The molecule has 2 aromatic rings. The van der Waals surface area contributed by atoms with Gasteiger partial charge in [0.05, 0.1) is 5.69 Å². The van der Waals surface area contributed by atoms with Crippen LogP contribution in [0.25, 0.3) is 0 Å². The number of hydrogen-bond donors (Lipinski definition) is 2. The fraction of sp³-hybridized carbons (Fsp3) is 0.350. The van der Waals surface area contributed by atoms with E-state index in [0.717, 1.165) is 24.8 Å². The van der Waals surface area contributed by atoms with E-state index in [4.69, 9.17) is 0 Å². The summed E-state index contributed by atoms with van der Waals surface area (Å²) in [5.74, 6) is -1.46. The Hall–Kier alpha value is -2.63. The largest absolute Gasteiger partial charge is 0.382 e. The second-order valence-electron chi connectivity index (χ2n) is 6.44. The summed E-state index contributed by atoms with van der Waals surface area (Å²) in [4.78, 5) is 14.4. The van der Waals surface area contributed by atoms with Crippen LogP contribution < -0.4 is 15.5 Å². The molecule has 3 rings (SSSR count). The first-order chi connectivity index (χ1) is 12.6. The van der Waals surface area contributed by atoms with E-state index >= 15 is 0 Å². The number of nitrogens with zero attached hydrogens (tertiary/aromatic N) is 1. The smallest absolute Gasteiger partial charge is 0.226 e. The second kappa shape index (κ2) is 8.65. The van der Waals surface area contributed by atoms with Crippen LogP contribution in [0.2, 0.25) is 0 Å². The van der Waals surface area contributed by atoms with E-state index in [9.17, 15) is 13.6 Å². The molecule has 0 aliphatic carbocycles. The summed E-state index contributed by atoms with van der Waals surface area (Å²) in [6, 6.07) is 11.1. The van der Waals surface area contributed by atoms with Crippen molar-refractivity contribution in [3.05, 3.63) is 54.1 Å². The minimum absolute atomic E-state index is 0.161. The van der Waals surface area contributed by atoms with Gasteiger partial charge in [0.15, 0.2) is 0 Å². The molecule has 0 spiro atoms. The van der Waals surface area contributed by atoms with Crippen LogP contribution in [0.1, 0.15) is 25.7 Å². The molecule has 1 heterocycles. The van der Waals surface area contributed by atoms with Gasteiger partial charge >= 0.3 is 0 Å². The van der Waals surface area contributed by atoms with Crippen LogP contribution in [-0.4, -0.2) is 25.5 Å². The van der Waals surface area contributed by atoms with E-state index < -0.39 is 11.6 Å². The summed E-state index contributed by atoms with van der Waals surface area (Å²) in [7, 11) is 0. The molecule has 1 aliphatic rings. The molecule has 1 aliphatic heterocycles. The number of amides is 1. The van der Waals surface area contributed by atoms with Gasteiger partial charge in [0, 0.05) is 43.5 Å². The van der Waals surface area contributed by atoms with Crippen LogP contribution in [0.15, 0.2) is 42.5 Å². The number of piperidine rings is 1. The van der Waals surface area contributed by atoms with Crippen LogP contribution in [0.4, 0.5) is 25.8 Å². The molecular formula is C20H23F2N3O. The summed E-state index contributed by atoms with van der Waals surface area (Å²) >= 11 is 0. The Balaban J connectivity index is 1.45. The van der Waals surface area contributed by atoms with E-state index in [0.29, 0.717) is 0 Å². The SMILES string of the molecule is O=C(CCNc1ccc(F)cc1F)Nc1ccc(N2CCCCC2)cc1. The fourth-order valence-electron chi connectivity index (χ4n) is 3.07. The van der Waals surface area contributed by atoms with Gasteiger partial charge < -0.3 is 15.5 Å². The number of carbonyl (C=O) groups excluding carboxylic acids is 1. The van der Waals surface area contributed by atoms with E-state index in [2.05, 4.69) is 15.5 Å². The molecule has 1 fully saturated rings. The first-order valence-electron chi connectivity index (χ1n) is 8.95. The molecule has 1 saturated heterocycles. The van der Waals surface area contributed by atoms with Crippen molar-refractivity contribution >= 4 is 23.0 Å². The Labute approximate surface area is 152 Å². The standard InChI is InChI=1S/C20H23F2N3O/c21-15-4-9-19(18(22)14-15)23-11-10-20(26)24-16-5-7-17(8-6-16)25-12-2-1-3-13-25/h4-9,14,23H,1-3,10-13H2,(H,24,26). The summed E-state index contributed by atoms with van der Waals surface area (Å²) < 4.78 is 26.4. The van der Waals surface area contributed by atoms with E-state index in [1.165, 1.54) is 37.1 Å². The van der Waals surface area contributed by atoms with Gasteiger partial charge in [-0.2, -0.15) is 0 Å². The number of hydrogen-bond acceptors (Lipinski definition) is 3. The zero-order valence-corrected chi connectivity index (χ0v) is 14.6. The Kier molecular flexibility index (Phi) is 6.04. The summed E-state index contributed by atoms with van der Waals surface area (Å²) in [5.41, 5.74) is 2.10. The quantitative estimate of drug-likeness (QED) is 0.804. The molecular weight excluding hydrogens is 336 g/mol. The predicted molar refractivity (Wildman–Crippen MR) is 101 cm³/mol. The summed E-state index contributed by atoms with van der Waals surface area (Å²) in [5, 5.41) is 5.63. The molecule has 2 aromatic carbocycles. The number of anilines is 3. The van der Waals surface area contributed by atoms with E-state index in [1.807, 2.05) is 24.3 Å². The Bertz CT molecular complexity index is 743. The number of halogens is 2. The minimum Gasteiger partial charge on any atom is -0.382 e. The molecule has 4 nitrogen and oxygen atoms in total. The third-order valence-electron chi connectivity index (χ3n) is 4.47. The Morgan fingerprint density at radius 1 is 1.00 bits per heavy atom. The van der Waals surface area contributed by atoms with Crippen molar-refractivity contribution in [2.75, 3.05) is 35.2 Å². The molecule has 138 valence electrons. The van der Waals surface area contributed by atoms with Gasteiger partial charge in [-0.25, -0.2) is 8.78 Å². The van der Waals surface area contributed by atoms with Crippen molar-refractivity contribution in [2.45, 2.75) is 25.7 Å². The van der Waals surface area contributed by atoms with E-state index in [-0.39, 0.29) is 24.6 Å². The summed E-state index contributed by atoms with van der Waals surface area (Å²) in [6.45, 7) is 2.43. The third kappa shape index (κ3) is 4.94. The minimum atomic E-state index is -0.668. The lowest BCUT2D eigenvalue weighted by atomic mass is 10.1. The third-order valence-corrected chi connectivity index (χ3v) is 4.47. The van der Waals surface area contributed by atoms with Crippen molar-refractivity contribution in [1.29, 1.82) is 0 Å². The van der Waals surface area contributed by atoms with Crippen molar-refractivity contribution in [1.82, 2.24) is 0 Å². The van der Waals surface area contributed by atoms with Gasteiger partial charge in [-0.3, -0.25) is 4.79 Å². The Morgan fingerprint density at radius 3 is 2.42 bits per heavy atom. The predicted octanol–water partition coefficient (Wildman–Crippen LogP) is 4.40. The molecule has 2 N–H and O–H groups in total. The van der Waals surface area contributed by atoms with Crippen LogP contribution >= 0.6 is 0 Å². The molecule has 0 aromatic heterocycles. The zero-order chi connectivity index (χ0) is 18.4. The summed E-state index contributed by atoms with van der Waals surface area (Å²) in [6.07, 6.45) is 3.92. The maximum Gasteiger partial charge on any atom is 0.226 e. The fourth-order valence-corrected chi connectivity index (χ4v) is 3.07. The average Bonchev–Trinajstić information content (AvgIpc) is 2.65. The lowest BCUT2D eigenvalue weighted by molar-refractivity contribution is -0.115. The van der Waals surface area contributed by atoms with Gasteiger partial charge in [0.25, 0.3) is 0 Å². The highest BCUT2D eigenvalue weighted by Gasteiger charge is 2.11.